The van der Waals surface area contributed by atoms with Crippen LogP contribution in [-0.4, -0.2) is 71.7 Å². The number of benzene rings is 1. The van der Waals surface area contributed by atoms with Crippen molar-refractivity contribution in [1.29, 1.82) is 0 Å². The molecule has 3 heterocycles. The fraction of sp³-hybridized carbons (Fsp3) is 0.438. The van der Waals surface area contributed by atoms with Crippen LogP contribution in [0.5, 0.6) is 0 Å². The molecule has 1 saturated carbocycles. The molecular weight excluding hydrogens is 580 g/mol. The third-order valence-electron chi connectivity index (χ3n) is 8.60. The first-order valence-corrected chi connectivity index (χ1v) is 15.2. The number of carbonyl (C=O) groups excluding carboxylic acids is 5. The van der Waals surface area contributed by atoms with E-state index >= 15 is 0 Å². The SMILES string of the molecule is CNC(=O)C(=O)CC[C@H](NC(=O)c1cc2ccccc2o1)C(=O)Nc1cccn(CC(=O)NC2C3CCCC(C3)CN2C)c1=O. The van der Waals surface area contributed by atoms with Gasteiger partial charge < -0.3 is 30.3 Å². The number of hydrogen-bond acceptors (Lipinski definition) is 8. The number of likely N-dealkylation sites (tertiary alicyclic amines) is 1. The van der Waals surface area contributed by atoms with Crippen LogP contribution >= 0.6 is 0 Å². The van der Waals surface area contributed by atoms with Gasteiger partial charge in [-0.15, -0.1) is 0 Å². The molecule has 3 aromatic rings. The average Bonchev–Trinajstić information content (AvgIpc) is 3.47. The van der Waals surface area contributed by atoms with E-state index in [0.717, 1.165) is 25.8 Å². The molecule has 13 nitrogen and oxygen atoms in total. The summed E-state index contributed by atoms with van der Waals surface area (Å²) in [6.45, 7) is 0.682. The summed E-state index contributed by atoms with van der Waals surface area (Å²) in [4.78, 5) is 78.8. The van der Waals surface area contributed by atoms with Gasteiger partial charge in [-0.3, -0.25) is 33.7 Å². The van der Waals surface area contributed by atoms with Gasteiger partial charge in [0.1, 0.15) is 23.9 Å². The van der Waals surface area contributed by atoms with Crippen molar-refractivity contribution in [1.82, 2.24) is 25.4 Å². The second-order valence-electron chi connectivity index (χ2n) is 11.8. The first-order valence-electron chi connectivity index (χ1n) is 15.2. The minimum atomic E-state index is -1.29. The standard InChI is InChI=1S/C32H38N6O7/c1-33-30(42)24(39)13-12-22(34-31(43)26-16-20-8-3-4-11-25(20)45-26)29(41)35-23-10-6-14-38(32(23)44)18-27(40)36-28-21-9-5-7-19(15-21)17-37(28)2/h3-4,6,8,10-11,14,16,19,21-22,28H,5,7,9,12-13,15,17-18H2,1-2H3,(H,33,42)(H,34,43)(H,35,41)(H,36,40)/t19?,21?,22-,28?/m0/s1. The molecule has 1 aliphatic heterocycles. The van der Waals surface area contributed by atoms with E-state index in [0.29, 0.717) is 22.8 Å². The van der Waals surface area contributed by atoms with Gasteiger partial charge >= 0.3 is 0 Å². The Morgan fingerprint density at radius 1 is 1.07 bits per heavy atom. The molecular formula is C32H38N6O7. The van der Waals surface area contributed by atoms with Crippen LogP contribution in [0.1, 0.15) is 49.1 Å². The summed E-state index contributed by atoms with van der Waals surface area (Å²) >= 11 is 0. The molecule has 2 aliphatic rings. The molecule has 2 aromatic heterocycles. The minimum absolute atomic E-state index is 0.0490. The topological polar surface area (TPSA) is 172 Å². The number of aromatic nitrogens is 1. The van der Waals surface area contributed by atoms with Gasteiger partial charge in [0.05, 0.1) is 6.17 Å². The summed E-state index contributed by atoms with van der Waals surface area (Å²) in [6.07, 6.45) is 5.30. The molecule has 4 atom stereocenters. The number of amides is 4. The Balaban J connectivity index is 1.27. The van der Waals surface area contributed by atoms with E-state index in [1.54, 1.807) is 24.3 Å². The van der Waals surface area contributed by atoms with E-state index in [2.05, 4.69) is 26.2 Å². The lowest BCUT2D eigenvalue weighted by molar-refractivity contribution is -0.137. The molecule has 4 N–H and O–H groups in total. The molecule has 13 heteroatoms. The zero-order valence-corrected chi connectivity index (χ0v) is 25.3. The third-order valence-corrected chi connectivity index (χ3v) is 8.60. The smallest absolute Gasteiger partial charge is 0.287 e. The Hall–Kier alpha value is -4.78. The Bertz CT molecular complexity index is 1630. The molecule has 238 valence electrons. The highest BCUT2D eigenvalue weighted by Gasteiger charge is 2.37. The number of fused-ring (bicyclic) bond motifs is 3. The number of rotatable bonds is 11. The summed E-state index contributed by atoms with van der Waals surface area (Å²) < 4.78 is 6.80. The number of anilines is 1. The average molecular weight is 619 g/mol. The summed E-state index contributed by atoms with van der Waals surface area (Å²) in [7, 11) is 3.32. The van der Waals surface area contributed by atoms with Gasteiger partial charge in [0.2, 0.25) is 17.6 Å². The zero-order chi connectivity index (χ0) is 32.1. The van der Waals surface area contributed by atoms with Crippen molar-refractivity contribution in [3.05, 3.63) is 64.8 Å². The Morgan fingerprint density at radius 3 is 2.64 bits per heavy atom. The Labute approximate surface area is 259 Å². The van der Waals surface area contributed by atoms with Crippen LogP contribution < -0.4 is 26.8 Å². The fourth-order valence-electron chi connectivity index (χ4n) is 6.36. The molecule has 5 rings (SSSR count). The van der Waals surface area contributed by atoms with Crippen LogP contribution in [0, 0.1) is 11.8 Å². The first-order chi connectivity index (χ1) is 21.6. The highest BCUT2D eigenvalue weighted by molar-refractivity contribution is 6.36. The largest absolute Gasteiger partial charge is 0.451 e. The van der Waals surface area contributed by atoms with Gasteiger partial charge in [-0.2, -0.15) is 0 Å². The van der Waals surface area contributed by atoms with Crippen molar-refractivity contribution < 1.29 is 28.4 Å². The molecule has 4 amide bonds. The van der Waals surface area contributed by atoms with E-state index in [9.17, 15) is 28.8 Å². The second-order valence-corrected chi connectivity index (χ2v) is 11.8. The third kappa shape index (κ3) is 7.48. The van der Waals surface area contributed by atoms with Gasteiger partial charge in [-0.25, -0.2) is 0 Å². The van der Waals surface area contributed by atoms with E-state index in [-0.39, 0.29) is 42.9 Å². The number of hydrogen-bond donors (Lipinski definition) is 4. The number of piperidine rings is 1. The van der Waals surface area contributed by atoms with E-state index in [4.69, 9.17) is 4.42 Å². The number of Topliss-reactive ketones (excluding diaryl/α,β-unsaturated/α-hetero) is 1. The number of pyridine rings is 1. The molecule has 0 radical (unpaired) electrons. The number of para-hydroxylation sites is 1. The van der Waals surface area contributed by atoms with Crippen molar-refractivity contribution >= 4 is 46.1 Å². The highest BCUT2D eigenvalue weighted by atomic mass is 16.3. The number of likely N-dealkylation sites (N-methyl/N-ethyl adjacent to an activating group) is 1. The van der Waals surface area contributed by atoms with Gasteiger partial charge in [-0.1, -0.05) is 24.6 Å². The van der Waals surface area contributed by atoms with Crippen LogP contribution in [0.2, 0.25) is 0 Å². The molecule has 2 bridgehead atoms. The maximum atomic E-state index is 13.4. The number of nitrogens with one attached hydrogen (secondary N) is 4. The van der Waals surface area contributed by atoms with Gasteiger partial charge in [0.25, 0.3) is 17.4 Å². The van der Waals surface area contributed by atoms with Crippen LogP contribution in [-0.2, 0) is 25.7 Å². The van der Waals surface area contributed by atoms with Gasteiger partial charge in [0.15, 0.2) is 5.76 Å². The van der Waals surface area contributed by atoms with E-state index < -0.39 is 35.1 Å². The quantitative estimate of drug-likeness (QED) is 0.235. The Morgan fingerprint density at radius 2 is 1.87 bits per heavy atom. The van der Waals surface area contributed by atoms with Crippen molar-refractivity contribution in [2.75, 3.05) is 26.0 Å². The first kappa shape index (κ1) is 31.6. The van der Waals surface area contributed by atoms with Crippen LogP contribution in [0.4, 0.5) is 5.69 Å². The fourth-order valence-corrected chi connectivity index (χ4v) is 6.36. The number of nitrogens with zero attached hydrogens (tertiary/aromatic N) is 2. The van der Waals surface area contributed by atoms with Crippen molar-refractivity contribution in [3.63, 3.8) is 0 Å². The predicted octanol–water partition coefficient (Wildman–Crippen LogP) is 1.62. The molecule has 1 aromatic carbocycles. The zero-order valence-electron chi connectivity index (χ0n) is 25.3. The van der Waals surface area contributed by atoms with Crippen molar-refractivity contribution in [2.45, 2.75) is 57.3 Å². The summed E-state index contributed by atoms with van der Waals surface area (Å²) in [5, 5.41) is 11.1. The molecule has 3 unspecified atom stereocenters. The molecule has 1 saturated heterocycles. The lowest BCUT2D eigenvalue weighted by Gasteiger charge is -2.46. The van der Waals surface area contributed by atoms with Crippen LogP contribution in [0.25, 0.3) is 11.0 Å². The normalized spacial score (nSPS) is 20.2. The molecule has 1 aliphatic carbocycles. The number of carbonyl (C=O) groups is 5. The van der Waals surface area contributed by atoms with Crippen LogP contribution in [0.3, 0.4) is 0 Å². The highest BCUT2D eigenvalue weighted by Crippen LogP contribution is 2.36. The van der Waals surface area contributed by atoms with Gasteiger partial charge in [0, 0.05) is 31.6 Å². The van der Waals surface area contributed by atoms with Crippen LogP contribution in [0.15, 0.2) is 57.9 Å². The van der Waals surface area contributed by atoms with Crippen molar-refractivity contribution in [3.8, 4) is 0 Å². The van der Waals surface area contributed by atoms with Crippen molar-refractivity contribution in [2.24, 2.45) is 11.8 Å². The predicted molar refractivity (Wildman–Crippen MR) is 165 cm³/mol. The monoisotopic (exact) mass is 618 g/mol. The molecule has 45 heavy (non-hydrogen) atoms. The summed E-state index contributed by atoms with van der Waals surface area (Å²) in [5.74, 6) is -2.43. The number of ketones is 1. The minimum Gasteiger partial charge on any atom is -0.451 e. The van der Waals surface area contributed by atoms with E-state index in [1.165, 1.54) is 42.4 Å². The number of furan rings is 1. The molecule has 0 spiro atoms. The lowest BCUT2D eigenvalue weighted by Crippen LogP contribution is -2.57. The summed E-state index contributed by atoms with van der Waals surface area (Å²) in [6, 6.07) is 10.1. The van der Waals surface area contributed by atoms with Gasteiger partial charge in [-0.05, 0) is 68.8 Å². The lowest BCUT2D eigenvalue weighted by atomic mass is 9.76. The maximum Gasteiger partial charge on any atom is 0.287 e. The Kier molecular flexibility index (Phi) is 9.77. The summed E-state index contributed by atoms with van der Waals surface area (Å²) in [5.41, 5.74) is -0.245. The molecule has 2 fully saturated rings. The second kappa shape index (κ2) is 13.9. The maximum absolute atomic E-state index is 13.4. The van der Waals surface area contributed by atoms with E-state index in [1.807, 2.05) is 7.05 Å².